The van der Waals surface area contributed by atoms with Gasteiger partial charge in [0.25, 0.3) is 8.32 Å². The molecule has 0 aromatic carbocycles. The van der Waals surface area contributed by atoms with E-state index in [0.29, 0.717) is 12.6 Å². The third kappa shape index (κ3) is 8.16. The Balaban J connectivity index is 4.53. The van der Waals surface area contributed by atoms with E-state index in [4.69, 9.17) is 8.85 Å². The highest BCUT2D eigenvalue weighted by atomic mass is 28.4. The molecule has 1 atom stereocenters. The van der Waals surface area contributed by atoms with Crippen LogP contribution in [0.4, 0.5) is 4.79 Å². The van der Waals surface area contributed by atoms with Crippen LogP contribution in [-0.4, -0.2) is 46.8 Å². The van der Waals surface area contributed by atoms with E-state index >= 15 is 0 Å². The quantitative estimate of drug-likeness (QED) is 0.401. The Morgan fingerprint density at radius 2 is 1.58 bits per heavy atom. The molecule has 0 saturated carbocycles. The van der Waals surface area contributed by atoms with Gasteiger partial charge in [-0.2, -0.15) is 0 Å². The van der Waals surface area contributed by atoms with Gasteiger partial charge in [-0.1, -0.05) is 27.7 Å². The fourth-order valence-corrected chi connectivity index (χ4v) is 7.79. The largest absolute Gasteiger partial charge is 0.503 e. The van der Waals surface area contributed by atoms with Crippen LogP contribution in [0.25, 0.3) is 0 Å². The summed E-state index contributed by atoms with van der Waals surface area (Å²) in [6.45, 7) is 18.9. The average Bonchev–Trinajstić information content (AvgIpc) is 2.55. The molecule has 6 heteroatoms. The first-order valence-electron chi connectivity index (χ1n) is 9.84. The molecule has 0 bridgehead atoms. The predicted molar refractivity (Wildman–Crippen MR) is 109 cm³/mol. The van der Waals surface area contributed by atoms with Crippen molar-refractivity contribution in [2.24, 2.45) is 0 Å². The molecule has 0 aromatic heterocycles. The van der Waals surface area contributed by atoms with Gasteiger partial charge in [-0.25, -0.2) is 4.79 Å². The van der Waals surface area contributed by atoms with Gasteiger partial charge >= 0.3 is 6.09 Å². The second-order valence-corrected chi connectivity index (χ2v) is 16.3. The molecule has 1 amide bonds. The van der Waals surface area contributed by atoms with Gasteiger partial charge in [-0.05, 0) is 64.0 Å². The van der Waals surface area contributed by atoms with E-state index in [1.165, 1.54) is 0 Å². The second-order valence-electron chi connectivity index (χ2n) is 7.39. The molecule has 0 radical (unpaired) electrons. The molecular formula is C18H41NO3Si2. The van der Waals surface area contributed by atoms with Gasteiger partial charge < -0.3 is 13.8 Å². The van der Waals surface area contributed by atoms with Gasteiger partial charge in [0, 0.05) is 19.2 Å². The maximum Gasteiger partial charge on any atom is 0.396 e. The summed E-state index contributed by atoms with van der Waals surface area (Å²) in [5, 5.41) is 0. The number of hydrogen-bond donors (Lipinski definition) is 0. The Hall–Kier alpha value is -0.336. The van der Waals surface area contributed by atoms with Crippen molar-refractivity contribution < 1.29 is 13.6 Å². The van der Waals surface area contributed by atoms with E-state index in [1.54, 1.807) is 0 Å². The topological polar surface area (TPSA) is 38.8 Å². The SMILES string of the molecule is CCC(C)O[Si](C)(C)CCCN(CC)C(=O)O[Si](CC)(CC)CC. The average molecular weight is 376 g/mol. The molecule has 0 aromatic rings. The number of carbonyl (C=O) groups excluding carboxylic acids is 1. The molecule has 0 N–H and O–H groups in total. The first kappa shape index (κ1) is 23.7. The monoisotopic (exact) mass is 375 g/mol. The van der Waals surface area contributed by atoms with Crippen LogP contribution in [0.15, 0.2) is 0 Å². The Morgan fingerprint density at radius 1 is 1.04 bits per heavy atom. The zero-order valence-corrected chi connectivity index (χ0v) is 19.4. The fourth-order valence-electron chi connectivity index (χ4n) is 2.98. The maximum atomic E-state index is 12.6. The molecule has 0 aliphatic rings. The van der Waals surface area contributed by atoms with E-state index in [9.17, 15) is 4.79 Å². The van der Waals surface area contributed by atoms with Gasteiger partial charge in [0.1, 0.15) is 0 Å². The molecule has 0 saturated heterocycles. The molecule has 1 unspecified atom stereocenters. The lowest BCUT2D eigenvalue weighted by Crippen LogP contribution is -2.44. The number of amides is 1. The van der Waals surface area contributed by atoms with Crippen molar-refractivity contribution in [1.29, 1.82) is 0 Å². The van der Waals surface area contributed by atoms with Crippen molar-refractivity contribution in [2.45, 2.75) is 97.8 Å². The lowest BCUT2D eigenvalue weighted by molar-refractivity contribution is 0.150. The summed E-state index contributed by atoms with van der Waals surface area (Å²) < 4.78 is 12.2. The van der Waals surface area contributed by atoms with Crippen molar-refractivity contribution in [2.75, 3.05) is 13.1 Å². The summed E-state index contributed by atoms with van der Waals surface area (Å²) in [5.74, 6) is 0. The third-order valence-electron chi connectivity index (χ3n) is 5.18. The summed E-state index contributed by atoms with van der Waals surface area (Å²) >= 11 is 0. The van der Waals surface area contributed by atoms with Gasteiger partial charge in [-0.15, -0.1) is 0 Å². The molecule has 0 spiro atoms. The van der Waals surface area contributed by atoms with Crippen molar-refractivity contribution in [1.82, 2.24) is 4.90 Å². The van der Waals surface area contributed by atoms with Crippen LogP contribution >= 0.6 is 0 Å². The van der Waals surface area contributed by atoms with Gasteiger partial charge in [-0.3, -0.25) is 0 Å². The molecule has 24 heavy (non-hydrogen) atoms. The van der Waals surface area contributed by atoms with Crippen molar-refractivity contribution in [3.8, 4) is 0 Å². The van der Waals surface area contributed by atoms with E-state index in [0.717, 1.165) is 43.6 Å². The summed E-state index contributed by atoms with van der Waals surface area (Å²) in [4.78, 5) is 14.4. The van der Waals surface area contributed by atoms with Crippen LogP contribution in [0.5, 0.6) is 0 Å². The van der Waals surface area contributed by atoms with Crippen molar-refractivity contribution in [3.63, 3.8) is 0 Å². The standard InChI is InChI=1S/C18H41NO3Si2/c1-9-17(6)21-23(7,8)16-14-15-19(10-2)18(20)22-24(11-3,12-4)13-5/h17H,9-16H2,1-8H3. The number of hydrogen-bond acceptors (Lipinski definition) is 3. The Kier molecular flexibility index (Phi) is 11.2. The molecule has 0 rings (SSSR count). The lowest BCUT2D eigenvalue weighted by atomic mass is 10.3. The van der Waals surface area contributed by atoms with E-state index in [2.05, 4.69) is 47.7 Å². The van der Waals surface area contributed by atoms with Crippen LogP contribution in [-0.2, 0) is 8.85 Å². The Morgan fingerprint density at radius 3 is 2.00 bits per heavy atom. The number of carbonyl (C=O) groups is 1. The predicted octanol–water partition coefficient (Wildman–Crippen LogP) is 5.86. The zero-order valence-electron chi connectivity index (χ0n) is 17.4. The minimum absolute atomic E-state index is 0.1000. The molecule has 4 nitrogen and oxygen atoms in total. The van der Waals surface area contributed by atoms with Crippen LogP contribution in [0.2, 0.25) is 37.3 Å². The van der Waals surface area contributed by atoms with Gasteiger partial charge in [0.15, 0.2) is 8.32 Å². The number of nitrogens with zero attached hydrogens (tertiary/aromatic N) is 1. The molecule has 0 aliphatic heterocycles. The van der Waals surface area contributed by atoms with Crippen LogP contribution < -0.4 is 0 Å². The Labute approximate surface area is 152 Å². The summed E-state index contributed by atoms with van der Waals surface area (Å²) in [7, 11) is -3.51. The van der Waals surface area contributed by atoms with Crippen LogP contribution in [0.1, 0.15) is 54.4 Å². The first-order valence-corrected chi connectivity index (χ1v) is 15.5. The highest BCUT2D eigenvalue weighted by Gasteiger charge is 2.34. The molecule has 0 heterocycles. The van der Waals surface area contributed by atoms with E-state index in [1.807, 2.05) is 11.8 Å². The van der Waals surface area contributed by atoms with E-state index in [-0.39, 0.29) is 6.09 Å². The van der Waals surface area contributed by atoms with Crippen molar-refractivity contribution >= 4 is 22.7 Å². The minimum Gasteiger partial charge on any atom is -0.503 e. The summed E-state index contributed by atoms with van der Waals surface area (Å²) in [5.41, 5.74) is 0. The molecule has 0 fully saturated rings. The van der Waals surface area contributed by atoms with Gasteiger partial charge in [0.2, 0.25) is 0 Å². The zero-order chi connectivity index (χ0) is 18.8. The van der Waals surface area contributed by atoms with E-state index < -0.39 is 16.6 Å². The summed E-state index contributed by atoms with van der Waals surface area (Å²) in [6.07, 6.45) is 2.29. The highest BCUT2D eigenvalue weighted by Crippen LogP contribution is 2.23. The highest BCUT2D eigenvalue weighted by molar-refractivity contribution is 6.74. The fraction of sp³-hybridized carbons (Fsp3) is 0.944. The van der Waals surface area contributed by atoms with Crippen molar-refractivity contribution in [3.05, 3.63) is 0 Å². The van der Waals surface area contributed by atoms with Crippen LogP contribution in [0, 0.1) is 0 Å². The second kappa shape index (κ2) is 11.3. The normalized spacial score (nSPS) is 13.7. The maximum absolute atomic E-state index is 12.6. The molecule has 0 aliphatic carbocycles. The smallest absolute Gasteiger partial charge is 0.396 e. The summed E-state index contributed by atoms with van der Waals surface area (Å²) in [6, 6.07) is 4.10. The molecule has 144 valence electrons. The first-order chi connectivity index (χ1) is 11.2. The minimum atomic E-state index is -1.87. The third-order valence-corrected chi connectivity index (χ3v) is 12.3. The number of rotatable bonds is 12. The molecular weight excluding hydrogens is 334 g/mol. The Bertz CT molecular complexity index is 352. The van der Waals surface area contributed by atoms with Crippen LogP contribution in [0.3, 0.4) is 0 Å². The lowest BCUT2D eigenvalue weighted by Gasteiger charge is -2.32. The van der Waals surface area contributed by atoms with Gasteiger partial charge in [0.05, 0.1) is 0 Å².